The summed E-state index contributed by atoms with van der Waals surface area (Å²) < 4.78 is 7.48. The molecule has 0 atom stereocenters. The number of rotatable bonds is 4. The van der Waals surface area contributed by atoms with Crippen LogP contribution in [0.4, 0.5) is 0 Å². The van der Waals surface area contributed by atoms with Crippen molar-refractivity contribution in [3.63, 3.8) is 0 Å². The van der Waals surface area contributed by atoms with E-state index in [2.05, 4.69) is 28.6 Å². The summed E-state index contributed by atoms with van der Waals surface area (Å²) in [5.41, 5.74) is 8.90. The number of aryl methyl sites for hydroxylation is 2. The highest BCUT2D eigenvalue weighted by molar-refractivity contribution is 5.37. The summed E-state index contributed by atoms with van der Waals surface area (Å²) in [5.74, 6) is 1.88. The monoisotopic (exact) mass is 245 g/mol. The van der Waals surface area contributed by atoms with Crippen LogP contribution in [0.5, 0.6) is 5.75 Å². The maximum atomic E-state index is 5.61. The predicted octanol–water partition coefficient (Wildman–Crippen LogP) is 2.02. The zero-order valence-electron chi connectivity index (χ0n) is 11.1. The molecule has 0 unspecified atom stereocenters. The summed E-state index contributed by atoms with van der Waals surface area (Å²) in [5, 5.41) is 0. The molecule has 2 N–H and O–H groups in total. The first kappa shape index (κ1) is 12.6. The van der Waals surface area contributed by atoms with E-state index in [1.54, 1.807) is 7.11 Å². The number of hydrogen-bond donors (Lipinski definition) is 1. The Morgan fingerprint density at radius 1 is 1.33 bits per heavy atom. The molecule has 4 heteroatoms. The van der Waals surface area contributed by atoms with Gasteiger partial charge in [0.1, 0.15) is 11.6 Å². The molecule has 0 aliphatic rings. The molecular weight excluding hydrogens is 226 g/mol. The molecule has 0 saturated carbocycles. The minimum Gasteiger partial charge on any atom is -0.496 e. The Balaban J connectivity index is 2.32. The normalized spacial score (nSPS) is 10.7. The van der Waals surface area contributed by atoms with Gasteiger partial charge in [-0.25, -0.2) is 4.98 Å². The number of nitrogens with two attached hydrogens (primary N) is 1. The van der Waals surface area contributed by atoms with Gasteiger partial charge in [-0.3, -0.25) is 0 Å². The summed E-state index contributed by atoms with van der Waals surface area (Å²) in [6, 6.07) is 6.19. The van der Waals surface area contributed by atoms with Crippen LogP contribution in [0.25, 0.3) is 0 Å². The largest absolute Gasteiger partial charge is 0.496 e. The molecule has 96 valence electrons. The first-order valence-electron chi connectivity index (χ1n) is 6.00. The second kappa shape index (κ2) is 5.23. The quantitative estimate of drug-likeness (QED) is 0.896. The lowest BCUT2D eigenvalue weighted by molar-refractivity contribution is 0.408. The molecule has 2 rings (SSSR count). The van der Waals surface area contributed by atoms with Gasteiger partial charge in [-0.2, -0.15) is 0 Å². The van der Waals surface area contributed by atoms with Crippen LogP contribution >= 0.6 is 0 Å². The van der Waals surface area contributed by atoms with Gasteiger partial charge in [-0.15, -0.1) is 0 Å². The fourth-order valence-corrected chi connectivity index (χ4v) is 2.05. The van der Waals surface area contributed by atoms with Gasteiger partial charge in [0, 0.05) is 18.3 Å². The van der Waals surface area contributed by atoms with Crippen molar-refractivity contribution in [3.05, 3.63) is 47.0 Å². The van der Waals surface area contributed by atoms with E-state index in [-0.39, 0.29) is 0 Å². The first-order valence-corrected chi connectivity index (χ1v) is 6.00. The molecule has 1 aromatic carbocycles. The number of aromatic nitrogens is 2. The Bertz CT molecular complexity index is 546. The van der Waals surface area contributed by atoms with Gasteiger partial charge in [0.25, 0.3) is 0 Å². The lowest BCUT2D eigenvalue weighted by Gasteiger charge is -2.11. The fourth-order valence-electron chi connectivity index (χ4n) is 2.05. The van der Waals surface area contributed by atoms with Crippen LogP contribution in [0.3, 0.4) is 0 Å². The number of hydrogen-bond acceptors (Lipinski definition) is 3. The van der Waals surface area contributed by atoms with Crippen LogP contribution < -0.4 is 10.5 Å². The molecule has 1 aromatic heterocycles. The number of methoxy groups -OCH3 is 1. The van der Waals surface area contributed by atoms with Crippen LogP contribution in [0.15, 0.2) is 24.4 Å². The molecule has 0 aliphatic heterocycles. The molecule has 0 bridgehead atoms. The van der Waals surface area contributed by atoms with E-state index in [0.29, 0.717) is 6.54 Å². The van der Waals surface area contributed by atoms with Crippen molar-refractivity contribution in [1.29, 1.82) is 0 Å². The third-order valence-corrected chi connectivity index (χ3v) is 3.01. The van der Waals surface area contributed by atoms with Gasteiger partial charge in [0.05, 0.1) is 19.3 Å². The van der Waals surface area contributed by atoms with Gasteiger partial charge in [0.15, 0.2) is 0 Å². The molecule has 0 aliphatic carbocycles. The van der Waals surface area contributed by atoms with Crippen LogP contribution in [0.1, 0.15) is 22.6 Å². The number of ether oxygens (including phenoxy) is 1. The van der Waals surface area contributed by atoms with E-state index >= 15 is 0 Å². The minimum atomic E-state index is 0.471. The van der Waals surface area contributed by atoms with Crippen molar-refractivity contribution in [2.45, 2.75) is 26.9 Å². The highest BCUT2D eigenvalue weighted by Gasteiger charge is 2.07. The zero-order valence-corrected chi connectivity index (χ0v) is 11.1. The average Bonchev–Trinajstić information content (AvgIpc) is 2.71. The molecular formula is C14H19N3O. The molecule has 0 radical (unpaired) electrons. The van der Waals surface area contributed by atoms with E-state index in [0.717, 1.165) is 29.4 Å². The summed E-state index contributed by atoms with van der Waals surface area (Å²) >= 11 is 0. The van der Waals surface area contributed by atoms with Crippen LogP contribution in [0.2, 0.25) is 0 Å². The maximum absolute atomic E-state index is 5.61. The van der Waals surface area contributed by atoms with Crippen molar-refractivity contribution >= 4 is 0 Å². The molecule has 1 heterocycles. The highest BCUT2D eigenvalue weighted by atomic mass is 16.5. The number of nitrogens with zero attached hydrogens (tertiary/aromatic N) is 2. The van der Waals surface area contributed by atoms with Crippen molar-refractivity contribution in [2.75, 3.05) is 7.11 Å². The summed E-state index contributed by atoms with van der Waals surface area (Å²) in [7, 11) is 1.69. The lowest BCUT2D eigenvalue weighted by Crippen LogP contribution is -2.03. The van der Waals surface area contributed by atoms with Gasteiger partial charge >= 0.3 is 0 Å². The smallest absolute Gasteiger partial charge is 0.123 e. The Hall–Kier alpha value is -1.81. The number of benzene rings is 1. The van der Waals surface area contributed by atoms with Crippen LogP contribution in [-0.4, -0.2) is 16.7 Å². The van der Waals surface area contributed by atoms with Crippen molar-refractivity contribution in [1.82, 2.24) is 9.55 Å². The van der Waals surface area contributed by atoms with Crippen molar-refractivity contribution < 1.29 is 4.74 Å². The molecule has 18 heavy (non-hydrogen) atoms. The molecule has 2 aromatic rings. The Morgan fingerprint density at radius 2 is 2.11 bits per heavy atom. The standard InChI is InChI=1S/C14H19N3O/c1-10-4-5-14(18-3)12(6-10)8-17-9-13(7-15)16-11(17)2/h4-6,9H,7-8,15H2,1-3H3. The van der Waals surface area contributed by atoms with Gasteiger partial charge in [-0.1, -0.05) is 17.7 Å². The van der Waals surface area contributed by atoms with Crippen LogP contribution in [0, 0.1) is 13.8 Å². The second-order valence-electron chi connectivity index (χ2n) is 4.43. The molecule has 0 saturated heterocycles. The second-order valence-corrected chi connectivity index (χ2v) is 4.43. The Labute approximate surface area is 107 Å². The molecule has 4 nitrogen and oxygen atoms in total. The van der Waals surface area contributed by atoms with E-state index < -0.39 is 0 Å². The van der Waals surface area contributed by atoms with Gasteiger partial charge in [0.2, 0.25) is 0 Å². The minimum absolute atomic E-state index is 0.471. The topological polar surface area (TPSA) is 53.1 Å². The highest BCUT2D eigenvalue weighted by Crippen LogP contribution is 2.21. The summed E-state index contributed by atoms with van der Waals surface area (Å²) in [6.07, 6.45) is 2.00. The lowest BCUT2D eigenvalue weighted by atomic mass is 10.1. The average molecular weight is 245 g/mol. The third kappa shape index (κ3) is 2.54. The van der Waals surface area contributed by atoms with E-state index in [1.165, 1.54) is 5.56 Å². The predicted molar refractivity (Wildman–Crippen MR) is 71.7 cm³/mol. The van der Waals surface area contributed by atoms with E-state index in [9.17, 15) is 0 Å². The fraction of sp³-hybridized carbons (Fsp3) is 0.357. The molecule has 0 spiro atoms. The van der Waals surface area contributed by atoms with Crippen LogP contribution in [-0.2, 0) is 13.1 Å². The maximum Gasteiger partial charge on any atom is 0.123 e. The van der Waals surface area contributed by atoms with Crippen molar-refractivity contribution in [3.8, 4) is 5.75 Å². The van der Waals surface area contributed by atoms with Crippen molar-refractivity contribution in [2.24, 2.45) is 5.73 Å². The SMILES string of the molecule is COc1ccc(C)cc1Cn1cc(CN)nc1C. The first-order chi connectivity index (χ1) is 8.63. The van der Waals surface area contributed by atoms with E-state index in [1.807, 2.05) is 19.2 Å². The zero-order chi connectivity index (χ0) is 13.1. The number of imidazole rings is 1. The van der Waals surface area contributed by atoms with E-state index in [4.69, 9.17) is 10.5 Å². The van der Waals surface area contributed by atoms with Gasteiger partial charge in [-0.05, 0) is 19.9 Å². The Morgan fingerprint density at radius 3 is 2.72 bits per heavy atom. The van der Waals surface area contributed by atoms with Gasteiger partial charge < -0.3 is 15.0 Å². The summed E-state index contributed by atoms with van der Waals surface area (Å²) in [6.45, 7) is 5.29. The summed E-state index contributed by atoms with van der Waals surface area (Å²) in [4.78, 5) is 4.40. The Kier molecular flexibility index (Phi) is 3.67. The third-order valence-electron chi connectivity index (χ3n) is 3.01. The molecule has 0 fully saturated rings. The molecule has 0 amide bonds.